The highest BCUT2D eigenvalue weighted by molar-refractivity contribution is 5.86. The zero-order valence-electron chi connectivity index (χ0n) is 10.2. The Balaban J connectivity index is 2.05. The summed E-state index contributed by atoms with van der Waals surface area (Å²) in [6.45, 7) is -0.0312. The molecular weight excluding hydrogens is 238 g/mol. The van der Waals surface area contributed by atoms with Gasteiger partial charge in [0.05, 0.1) is 6.54 Å². The van der Waals surface area contributed by atoms with Gasteiger partial charge in [-0.3, -0.25) is 9.59 Å². The maximum absolute atomic E-state index is 11.3. The van der Waals surface area contributed by atoms with E-state index >= 15 is 0 Å². The van der Waals surface area contributed by atoms with Gasteiger partial charge in [-0.2, -0.15) is 0 Å². The Kier molecular flexibility index (Phi) is 5.96. The summed E-state index contributed by atoms with van der Waals surface area (Å²) in [6.07, 6.45) is 4.70. The predicted octanol–water partition coefficient (Wildman–Crippen LogP) is -0.323. The molecule has 1 fully saturated rings. The van der Waals surface area contributed by atoms with Crippen LogP contribution < -0.4 is 16.0 Å². The molecule has 1 rings (SSSR count). The number of urea groups is 1. The van der Waals surface area contributed by atoms with Crippen molar-refractivity contribution in [3.8, 4) is 0 Å². The molecule has 18 heavy (non-hydrogen) atoms. The van der Waals surface area contributed by atoms with Gasteiger partial charge in [-0.1, -0.05) is 12.8 Å². The number of carbonyl (C=O) groups excluding carboxylic acids is 2. The summed E-state index contributed by atoms with van der Waals surface area (Å²) >= 11 is 0. The third-order valence-electron chi connectivity index (χ3n) is 2.87. The van der Waals surface area contributed by atoms with Gasteiger partial charge in [0, 0.05) is 6.54 Å². The molecule has 0 unspecified atom stereocenters. The maximum atomic E-state index is 11.3. The second kappa shape index (κ2) is 7.52. The lowest BCUT2D eigenvalue weighted by molar-refractivity contribution is -0.137. The summed E-state index contributed by atoms with van der Waals surface area (Å²) in [7, 11) is 0. The molecule has 4 N–H and O–H groups in total. The summed E-state index contributed by atoms with van der Waals surface area (Å²) in [5.74, 6) is -1.10. The summed E-state index contributed by atoms with van der Waals surface area (Å²) in [4.78, 5) is 32.6. The van der Waals surface area contributed by atoms with E-state index in [0.29, 0.717) is 12.5 Å². The van der Waals surface area contributed by atoms with Crippen molar-refractivity contribution in [2.45, 2.75) is 25.7 Å². The van der Waals surface area contributed by atoms with E-state index in [-0.39, 0.29) is 6.54 Å². The molecule has 0 spiro atoms. The molecule has 1 aliphatic carbocycles. The van der Waals surface area contributed by atoms with Crippen molar-refractivity contribution in [2.24, 2.45) is 5.92 Å². The van der Waals surface area contributed by atoms with Crippen LogP contribution in [-0.4, -0.2) is 42.6 Å². The summed E-state index contributed by atoms with van der Waals surface area (Å²) in [6, 6.07) is -0.396. The molecular formula is C11H19N3O4. The van der Waals surface area contributed by atoms with Crippen LogP contribution in [0.15, 0.2) is 0 Å². The molecule has 0 aromatic rings. The Labute approximate surface area is 105 Å². The first kappa shape index (κ1) is 14.3. The first-order valence-corrected chi connectivity index (χ1v) is 6.08. The maximum Gasteiger partial charge on any atom is 0.322 e. The molecule has 0 aromatic heterocycles. The molecule has 7 heteroatoms. The van der Waals surface area contributed by atoms with Crippen LogP contribution in [0.5, 0.6) is 0 Å². The Morgan fingerprint density at radius 3 is 2.28 bits per heavy atom. The molecule has 3 amide bonds. The van der Waals surface area contributed by atoms with Crippen molar-refractivity contribution in [3.05, 3.63) is 0 Å². The number of hydrogen-bond acceptors (Lipinski definition) is 3. The van der Waals surface area contributed by atoms with Gasteiger partial charge in [0.15, 0.2) is 0 Å². The lowest BCUT2D eigenvalue weighted by atomic mass is 10.1. The van der Waals surface area contributed by atoms with Crippen molar-refractivity contribution in [1.29, 1.82) is 0 Å². The zero-order chi connectivity index (χ0) is 13.4. The highest BCUT2D eigenvalue weighted by Gasteiger charge is 2.15. The molecule has 7 nitrogen and oxygen atoms in total. The highest BCUT2D eigenvalue weighted by Crippen LogP contribution is 2.23. The molecule has 0 atom stereocenters. The van der Waals surface area contributed by atoms with Gasteiger partial charge in [-0.25, -0.2) is 4.79 Å². The average molecular weight is 257 g/mol. The zero-order valence-corrected chi connectivity index (χ0v) is 10.2. The minimum atomic E-state index is -1.12. The van der Waals surface area contributed by atoms with Gasteiger partial charge in [0.2, 0.25) is 5.91 Å². The number of carbonyl (C=O) groups is 3. The monoisotopic (exact) mass is 257 g/mol. The molecule has 0 aromatic carbocycles. The fraction of sp³-hybridized carbons (Fsp3) is 0.727. The fourth-order valence-corrected chi connectivity index (χ4v) is 1.91. The number of aliphatic carboxylic acids is 1. The smallest absolute Gasteiger partial charge is 0.322 e. The minimum absolute atomic E-state index is 0.218. The van der Waals surface area contributed by atoms with Crippen molar-refractivity contribution < 1.29 is 19.5 Å². The Morgan fingerprint density at radius 1 is 1.00 bits per heavy atom. The van der Waals surface area contributed by atoms with Gasteiger partial charge in [-0.05, 0) is 18.8 Å². The van der Waals surface area contributed by atoms with Gasteiger partial charge in [-0.15, -0.1) is 0 Å². The number of carboxylic acid groups (broad SMARTS) is 1. The molecule has 0 radical (unpaired) electrons. The van der Waals surface area contributed by atoms with Crippen LogP contribution in [0.4, 0.5) is 4.79 Å². The topological polar surface area (TPSA) is 108 Å². The van der Waals surface area contributed by atoms with E-state index in [1.165, 1.54) is 12.8 Å². The molecule has 1 saturated carbocycles. The summed E-state index contributed by atoms with van der Waals surface area (Å²) in [5.41, 5.74) is 0. The molecule has 0 bridgehead atoms. The van der Waals surface area contributed by atoms with Crippen LogP contribution in [-0.2, 0) is 9.59 Å². The lowest BCUT2D eigenvalue weighted by Crippen LogP contribution is -2.44. The molecule has 1 aliphatic rings. The van der Waals surface area contributed by atoms with Crippen molar-refractivity contribution >= 4 is 17.9 Å². The Hall–Kier alpha value is -1.79. The van der Waals surface area contributed by atoms with E-state index in [4.69, 9.17) is 5.11 Å². The lowest BCUT2D eigenvalue weighted by Gasteiger charge is -2.11. The second-order valence-electron chi connectivity index (χ2n) is 4.38. The number of carboxylic acids is 1. The fourth-order valence-electron chi connectivity index (χ4n) is 1.91. The van der Waals surface area contributed by atoms with E-state index < -0.39 is 24.5 Å². The summed E-state index contributed by atoms with van der Waals surface area (Å²) < 4.78 is 0. The third-order valence-corrected chi connectivity index (χ3v) is 2.87. The standard InChI is InChI=1S/C11H19N3O4/c15-9(12-7-10(16)17)6-14-11(18)13-5-8-3-1-2-4-8/h8H,1-7H2,(H,12,15)(H,16,17)(H2,13,14,18). The quantitative estimate of drug-likeness (QED) is 0.523. The molecule has 0 aliphatic heterocycles. The van der Waals surface area contributed by atoms with Gasteiger partial charge in [0.1, 0.15) is 6.54 Å². The van der Waals surface area contributed by atoms with Gasteiger partial charge in [0.25, 0.3) is 0 Å². The van der Waals surface area contributed by atoms with Crippen LogP contribution in [0.3, 0.4) is 0 Å². The van der Waals surface area contributed by atoms with Gasteiger partial charge < -0.3 is 21.1 Å². The number of hydrogen-bond donors (Lipinski definition) is 4. The number of amides is 3. The SMILES string of the molecule is O=C(O)CNC(=O)CNC(=O)NCC1CCCC1. The minimum Gasteiger partial charge on any atom is -0.480 e. The Morgan fingerprint density at radius 2 is 1.67 bits per heavy atom. The van der Waals surface area contributed by atoms with Crippen molar-refractivity contribution in [3.63, 3.8) is 0 Å². The van der Waals surface area contributed by atoms with E-state index in [0.717, 1.165) is 12.8 Å². The Bertz CT molecular complexity index is 313. The summed E-state index contributed by atoms with van der Waals surface area (Å²) in [5, 5.41) is 15.6. The van der Waals surface area contributed by atoms with Crippen LogP contribution in [0.1, 0.15) is 25.7 Å². The first-order valence-electron chi connectivity index (χ1n) is 6.08. The average Bonchev–Trinajstić information content (AvgIpc) is 2.84. The number of rotatable bonds is 6. The van der Waals surface area contributed by atoms with Crippen LogP contribution in [0.25, 0.3) is 0 Å². The predicted molar refractivity (Wildman–Crippen MR) is 64.0 cm³/mol. The van der Waals surface area contributed by atoms with Crippen molar-refractivity contribution in [2.75, 3.05) is 19.6 Å². The molecule has 102 valence electrons. The second-order valence-corrected chi connectivity index (χ2v) is 4.38. The highest BCUT2D eigenvalue weighted by atomic mass is 16.4. The van der Waals surface area contributed by atoms with E-state index in [1.807, 2.05) is 0 Å². The first-order chi connectivity index (χ1) is 8.58. The van der Waals surface area contributed by atoms with E-state index in [1.54, 1.807) is 0 Å². The van der Waals surface area contributed by atoms with Crippen LogP contribution in [0, 0.1) is 5.92 Å². The van der Waals surface area contributed by atoms with E-state index in [2.05, 4.69) is 16.0 Å². The normalized spacial score (nSPS) is 15.1. The van der Waals surface area contributed by atoms with E-state index in [9.17, 15) is 14.4 Å². The molecule has 0 saturated heterocycles. The van der Waals surface area contributed by atoms with Crippen LogP contribution in [0.2, 0.25) is 0 Å². The number of nitrogens with one attached hydrogen (secondary N) is 3. The van der Waals surface area contributed by atoms with Gasteiger partial charge >= 0.3 is 12.0 Å². The molecule has 0 heterocycles. The largest absolute Gasteiger partial charge is 0.480 e. The third kappa shape index (κ3) is 6.07. The van der Waals surface area contributed by atoms with Crippen LogP contribution >= 0.6 is 0 Å². The van der Waals surface area contributed by atoms with Crippen molar-refractivity contribution in [1.82, 2.24) is 16.0 Å².